The Bertz CT molecular complexity index is 614. The van der Waals surface area contributed by atoms with Gasteiger partial charge in [0.15, 0.2) is 0 Å². The third-order valence-electron chi connectivity index (χ3n) is 3.04. The second kappa shape index (κ2) is 8.03. The Hall–Kier alpha value is -1.75. The lowest BCUT2D eigenvalue weighted by Gasteiger charge is -2.19. The smallest absolute Gasteiger partial charge is 0.408 e. The predicted octanol–water partition coefficient (Wildman–Crippen LogP) is 3.95. The molecule has 1 amide bonds. The van der Waals surface area contributed by atoms with E-state index in [1.165, 1.54) is 0 Å². The first-order valence-electron chi connectivity index (χ1n) is 6.63. The van der Waals surface area contributed by atoms with Crippen molar-refractivity contribution in [3.05, 3.63) is 69.7 Å². The monoisotopic (exact) mass is 339 g/mol. The number of benzene rings is 2. The number of aliphatic hydroxyl groups excluding tert-OH is 1. The topological polar surface area (TPSA) is 58.6 Å². The number of aliphatic hydroxyl groups is 1. The van der Waals surface area contributed by atoms with Crippen LogP contribution in [0.4, 0.5) is 4.79 Å². The minimum atomic E-state index is -0.732. The van der Waals surface area contributed by atoms with E-state index in [2.05, 4.69) is 5.32 Å². The Labute approximate surface area is 138 Å². The van der Waals surface area contributed by atoms with Crippen molar-refractivity contribution >= 4 is 29.3 Å². The summed E-state index contributed by atoms with van der Waals surface area (Å²) in [5, 5.41) is 12.8. The second-order valence-corrected chi connectivity index (χ2v) is 5.39. The molecule has 0 spiro atoms. The first-order chi connectivity index (χ1) is 10.6. The van der Waals surface area contributed by atoms with Gasteiger partial charge in [0.2, 0.25) is 0 Å². The minimum absolute atomic E-state index is 0.140. The summed E-state index contributed by atoms with van der Waals surface area (Å²) >= 11 is 12.1. The van der Waals surface area contributed by atoms with Crippen molar-refractivity contribution in [1.29, 1.82) is 0 Å². The van der Waals surface area contributed by atoms with Gasteiger partial charge in [-0.3, -0.25) is 0 Å². The first kappa shape index (κ1) is 16.6. The summed E-state index contributed by atoms with van der Waals surface area (Å²) in [6, 6.07) is 13.5. The number of amides is 1. The van der Waals surface area contributed by atoms with Crippen LogP contribution in [0.2, 0.25) is 10.0 Å². The Balaban J connectivity index is 1.99. The Morgan fingerprint density at radius 1 is 1.09 bits per heavy atom. The van der Waals surface area contributed by atoms with Gasteiger partial charge in [-0.1, -0.05) is 59.6 Å². The lowest BCUT2D eigenvalue weighted by atomic mass is 10.1. The van der Waals surface area contributed by atoms with E-state index in [1.807, 2.05) is 30.3 Å². The molecule has 1 unspecified atom stereocenters. The number of carbonyl (C=O) groups is 1. The number of nitrogens with one attached hydrogen (secondary N) is 1. The minimum Gasteiger partial charge on any atom is -0.445 e. The third kappa shape index (κ3) is 4.37. The number of hydrogen-bond donors (Lipinski definition) is 2. The summed E-state index contributed by atoms with van der Waals surface area (Å²) < 4.78 is 5.11. The normalized spacial score (nSPS) is 11.8. The van der Waals surface area contributed by atoms with E-state index in [4.69, 9.17) is 27.9 Å². The van der Waals surface area contributed by atoms with E-state index in [0.717, 1.165) is 5.56 Å². The zero-order valence-electron chi connectivity index (χ0n) is 11.6. The number of alkyl carbamates (subject to hydrolysis) is 1. The summed E-state index contributed by atoms with van der Waals surface area (Å²) in [6.45, 7) is -0.203. The van der Waals surface area contributed by atoms with Crippen molar-refractivity contribution in [3.63, 3.8) is 0 Å². The Morgan fingerprint density at radius 2 is 1.73 bits per heavy atom. The van der Waals surface area contributed by atoms with Crippen molar-refractivity contribution in [1.82, 2.24) is 5.32 Å². The van der Waals surface area contributed by atoms with E-state index in [9.17, 15) is 9.90 Å². The highest BCUT2D eigenvalue weighted by molar-refractivity contribution is 6.36. The molecule has 0 saturated heterocycles. The van der Waals surface area contributed by atoms with Crippen molar-refractivity contribution in [2.24, 2.45) is 0 Å². The lowest BCUT2D eigenvalue weighted by Crippen LogP contribution is -2.31. The van der Waals surface area contributed by atoms with Crippen LogP contribution in [0.15, 0.2) is 48.5 Å². The van der Waals surface area contributed by atoms with E-state index >= 15 is 0 Å². The summed E-state index contributed by atoms with van der Waals surface area (Å²) in [4.78, 5) is 11.9. The number of halogens is 2. The van der Waals surface area contributed by atoms with E-state index < -0.39 is 12.1 Å². The van der Waals surface area contributed by atoms with Gasteiger partial charge in [0.25, 0.3) is 0 Å². The van der Waals surface area contributed by atoms with Crippen LogP contribution in [0.3, 0.4) is 0 Å². The van der Waals surface area contributed by atoms with E-state index in [-0.39, 0.29) is 13.2 Å². The van der Waals surface area contributed by atoms with Gasteiger partial charge in [0, 0.05) is 15.6 Å². The molecular formula is C16H15Cl2NO3. The molecule has 2 aromatic rings. The van der Waals surface area contributed by atoms with Crippen molar-refractivity contribution in [2.75, 3.05) is 6.61 Å². The van der Waals surface area contributed by atoms with Gasteiger partial charge in [-0.2, -0.15) is 0 Å². The lowest BCUT2D eigenvalue weighted by molar-refractivity contribution is 0.129. The SMILES string of the molecule is O=C(NC(CO)c1c(Cl)cccc1Cl)OCc1ccccc1. The molecule has 2 aromatic carbocycles. The molecule has 2 rings (SSSR count). The quantitative estimate of drug-likeness (QED) is 0.866. The average molecular weight is 340 g/mol. The molecule has 4 nitrogen and oxygen atoms in total. The molecule has 1 atom stereocenters. The highest BCUT2D eigenvalue weighted by Crippen LogP contribution is 2.30. The number of rotatable bonds is 5. The average Bonchev–Trinajstić information content (AvgIpc) is 2.52. The molecule has 0 aromatic heterocycles. The summed E-state index contributed by atoms with van der Waals surface area (Å²) in [6.07, 6.45) is -0.654. The van der Waals surface area contributed by atoms with Gasteiger partial charge in [-0.25, -0.2) is 4.79 Å². The number of carbonyl (C=O) groups excluding carboxylic acids is 1. The van der Waals surface area contributed by atoms with Gasteiger partial charge >= 0.3 is 6.09 Å². The van der Waals surface area contributed by atoms with E-state index in [1.54, 1.807) is 18.2 Å². The molecule has 0 saturated carbocycles. The fourth-order valence-electron chi connectivity index (χ4n) is 1.96. The molecule has 116 valence electrons. The number of ether oxygens (including phenoxy) is 1. The zero-order valence-corrected chi connectivity index (χ0v) is 13.1. The van der Waals surface area contributed by atoms with Gasteiger partial charge < -0.3 is 15.2 Å². The van der Waals surface area contributed by atoms with Crippen LogP contribution in [-0.4, -0.2) is 17.8 Å². The van der Waals surface area contributed by atoms with Crippen LogP contribution in [-0.2, 0) is 11.3 Å². The van der Waals surface area contributed by atoms with Gasteiger partial charge in [0.05, 0.1) is 12.6 Å². The van der Waals surface area contributed by atoms with Crippen LogP contribution in [0.25, 0.3) is 0 Å². The Kier molecular flexibility index (Phi) is 6.07. The molecule has 0 bridgehead atoms. The molecule has 0 aliphatic heterocycles. The summed E-state index contributed by atoms with van der Waals surface area (Å²) in [7, 11) is 0. The van der Waals surface area contributed by atoms with Crippen LogP contribution in [0.1, 0.15) is 17.2 Å². The van der Waals surface area contributed by atoms with Crippen LogP contribution in [0.5, 0.6) is 0 Å². The van der Waals surface area contributed by atoms with Gasteiger partial charge in [-0.05, 0) is 17.7 Å². The molecule has 0 aliphatic carbocycles. The molecule has 2 N–H and O–H groups in total. The summed E-state index contributed by atoms with van der Waals surface area (Å²) in [5.41, 5.74) is 1.33. The fourth-order valence-corrected chi connectivity index (χ4v) is 2.62. The maximum absolute atomic E-state index is 11.9. The van der Waals surface area contributed by atoms with Crippen molar-refractivity contribution < 1.29 is 14.6 Å². The third-order valence-corrected chi connectivity index (χ3v) is 3.69. The molecule has 0 radical (unpaired) electrons. The molecular weight excluding hydrogens is 325 g/mol. The fraction of sp³-hybridized carbons (Fsp3) is 0.188. The molecule has 22 heavy (non-hydrogen) atoms. The van der Waals surface area contributed by atoms with E-state index in [0.29, 0.717) is 15.6 Å². The number of hydrogen-bond acceptors (Lipinski definition) is 3. The maximum atomic E-state index is 11.9. The first-order valence-corrected chi connectivity index (χ1v) is 7.39. The van der Waals surface area contributed by atoms with Gasteiger partial charge in [0.1, 0.15) is 6.61 Å². The summed E-state index contributed by atoms with van der Waals surface area (Å²) in [5.74, 6) is 0. The highest BCUT2D eigenvalue weighted by Gasteiger charge is 2.20. The molecule has 0 fully saturated rings. The Morgan fingerprint density at radius 3 is 2.32 bits per heavy atom. The predicted molar refractivity (Wildman–Crippen MR) is 86.1 cm³/mol. The van der Waals surface area contributed by atoms with Crippen molar-refractivity contribution in [3.8, 4) is 0 Å². The molecule has 6 heteroatoms. The molecule has 0 aliphatic rings. The van der Waals surface area contributed by atoms with Crippen molar-refractivity contribution in [2.45, 2.75) is 12.6 Å². The maximum Gasteiger partial charge on any atom is 0.408 e. The standard InChI is InChI=1S/C16H15Cl2NO3/c17-12-7-4-8-13(18)15(12)14(9-20)19-16(21)22-10-11-5-2-1-3-6-11/h1-8,14,20H,9-10H2,(H,19,21). The highest BCUT2D eigenvalue weighted by atomic mass is 35.5. The molecule has 0 heterocycles. The zero-order chi connectivity index (χ0) is 15.9. The second-order valence-electron chi connectivity index (χ2n) is 4.58. The van der Waals surface area contributed by atoms with Crippen LogP contribution >= 0.6 is 23.2 Å². The van der Waals surface area contributed by atoms with Crippen LogP contribution in [0, 0.1) is 0 Å². The van der Waals surface area contributed by atoms with Crippen LogP contribution < -0.4 is 5.32 Å². The van der Waals surface area contributed by atoms with Gasteiger partial charge in [-0.15, -0.1) is 0 Å². The largest absolute Gasteiger partial charge is 0.445 e.